The SMILES string of the molecule is CC(C)(C)C(=O)N1CCc2nc(NC(=O)c3ccoc3)sc2C1. The molecule has 122 valence electrons. The van der Waals surface area contributed by atoms with Crippen LogP contribution in [0.15, 0.2) is 23.0 Å². The lowest BCUT2D eigenvalue weighted by atomic mass is 9.94. The van der Waals surface area contributed by atoms with Crippen molar-refractivity contribution >= 4 is 28.3 Å². The molecule has 3 rings (SSSR count). The van der Waals surface area contributed by atoms with Gasteiger partial charge in [-0.2, -0.15) is 0 Å². The highest BCUT2D eigenvalue weighted by atomic mass is 32.1. The van der Waals surface area contributed by atoms with Gasteiger partial charge in [-0.3, -0.25) is 14.9 Å². The fraction of sp³-hybridized carbons (Fsp3) is 0.438. The molecule has 0 aromatic carbocycles. The fourth-order valence-electron chi connectivity index (χ4n) is 2.46. The topological polar surface area (TPSA) is 75.4 Å². The summed E-state index contributed by atoms with van der Waals surface area (Å²) < 4.78 is 4.90. The highest BCUT2D eigenvalue weighted by molar-refractivity contribution is 7.15. The molecular formula is C16H19N3O3S. The summed E-state index contributed by atoms with van der Waals surface area (Å²) in [6.07, 6.45) is 3.57. The summed E-state index contributed by atoms with van der Waals surface area (Å²) in [4.78, 5) is 31.8. The lowest BCUT2D eigenvalue weighted by Crippen LogP contribution is -2.42. The van der Waals surface area contributed by atoms with E-state index in [1.54, 1.807) is 6.07 Å². The lowest BCUT2D eigenvalue weighted by molar-refractivity contribution is -0.140. The molecule has 0 radical (unpaired) electrons. The zero-order chi connectivity index (χ0) is 16.6. The number of amides is 2. The van der Waals surface area contributed by atoms with Crippen molar-refractivity contribution in [2.24, 2.45) is 5.41 Å². The largest absolute Gasteiger partial charge is 0.472 e. The number of nitrogens with zero attached hydrogens (tertiary/aromatic N) is 2. The van der Waals surface area contributed by atoms with Crippen molar-refractivity contribution in [3.63, 3.8) is 0 Å². The first-order chi connectivity index (χ1) is 10.8. The van der Waals surface area contributed by atoms with E-state index in [0.717, 1.165) is 17.0 Å². The average Bonchev–Trinajstić information content (AvgIpc) is 3.13. The molecule has 0 spiro atoms. The van der Waals surface area contributed by atoms with Crippen LogP contribution in [0, 0.1) is 5.41 Å². The van der Waals surface area contributed by atoms with Crippen LogP contribution in [0.1, 0.15) is 41.7 Å². The van der Waals surface area contributed by atoms with Crippen LogP contribution >= 0.6 is 11.3 Å². The molecule has 1 N–H and O–H groups in total. The van der Waals surface area contributed by atoms with Gasteiger partial charge in [0, 0.05) is 23.3 Å². The summed E-state index contributed by atoms with van der Waals surface area (Å²) in [6, 6.07) is 1.60. The summed E-state index contributed by atoms with van der Waals surface area (Å²) in [5.41, 5.74) is 1.04. The third kappa shape index (κ3) is 3.29. The Hall–Kier alpha value is -2.15. The lowest BCUT2D eigenvalue weighted by Gasteiger charge is -2.31. The summed E-state index contributed by atoms with van der Waals surface area (Å²) in [6.45, 7) is 7.00. The molecule has 0 unspecified atom stereocenters. The number of carbonyl (C=O) groups excluding carboxylic acids is 2. The first-order valence-electron chi connectivity index (χ1n) is 7.46. The van der Waals surface area contributed by atoms with Gasteiger partial charge in [-0.05, 0) is 6.07 Å². The molecule has 0 saturated heterocycles. The van der Waals surface area contributed by atoms with Gasteiger partial charge in [0.15, 0.2) is 5.13 Å². The molecule has 1 aliphatic heterocycles. The first-order valence-corrected chi connectivity index (χ1v) is 8.28. The standard InChI is InChI=1S/C16H19N3O3S/c1-16(2,3)14(21)19-6-4-11-12(8-19)23-15(17-11)18-13(20)10-5-7-22-9-10/h5,7,9H,4,6,8H2,1-3H3,(H,17,18,20). The molecule has 7 heteroatoms. The van der Waals surface area contributed by atoms with Gasteiger partial charge in [0.05, 0.1) is 24.1 Å². The van der Waals surface area contributed by atoms with E-state index in [4.69, 9.17) is 4.42 Å². The monoisotopic (exact) mass is 333 g/mol. The Bertz CT molecular complexity index is 728. The minimum Gasteiger partial charge on any atom is -0.472 e. The second-order valence-electron chi connectivity index (χ2n) is 6.58. The van der Waals surface area contributed by atoms with Crippen LogP contribution in [-0.4, -0.2) is 28.2 Å². The van der Waals surface area contributed by atoms with Crippen molar-refractivity contribution in [3.05, 3.63) is 34.7 Å². The number of furan rings is 1. The van der Waals surface area contributed by atoms with E-state index in [9.17, 15) is 9.59 Å². The van der Waals surface area contributed by atoms with Gasteiger partial charge < -0.3 is 9.32 Å². The molecule has 0 aliphatic carbocycles. The number of rotatable bonds is 2. The molecule has 6 nitrogen and oxygen atoms in total. The van der Waals surface area contributed by atoms with Crippen molar-refractivity contribution in [2.45, 2.75) is 33.7 Å². The van der Waals surface area contributed by atoms with Gasteiger partial charge in [-0.25, -0.2) is 4.98 Å². The van der Waals surface area contributed by atoms with Crippen LogP contribution in [0.3, 0.4) is 0 Å². The predicted octanol–water partition coefficient (Wildman–Crippen LogP) is 2.92. The second kappa shape index (κ2) is 5.81. The quantitative estimate of drug-likeness (QED) is 0.917. The van der Waals surface area contributed by atoms with Crippen LogP contribution in [0.25, 0.3) is 0 Å². The van der Waals surface area contributed by atoms with Crippen molar-refractivity contribution in [2.75, 3.05) is 11.9 Å². The first kappa shape index (κ1) is 15.7. The van der Waals surface area contributed by atoms with E-state index in [1.165, 1.54) is 23.9 Å². The molecule has 0 fully saturated rings. The minimum absolute atomic E-state index is 0.139. The highest BCUT2D eigenvalue weighted by Crippen LogP contribution is 2.30. The third-order valence-corrected chi connectivity index (χ3v) is 4.66. The molecular weight excluding hydrogens is 314 g/mol. The summed E-state index contributed by atoms with van der Waals surface area (Å²) in [5, 5.41) is 3.34. The van der Waals surface area contributed by atoms with Gasteiger partial charge in [-0.1, -0.05) is 32.1 Å². The Kier molecular flexibility index (Phi) is 3.97. The van der Waals surface area contributed by atoms with Gasteiger partial charge in [0.25, 0.3) is 5.91 Å². The molecule has 3 heterocycles. The van der Waals surface area contributed by atoms with E-state index in [-0.39, 0.29) is 17.2 Å². The maximum atomic E-state index is 12.4. The average molecular weight is 333 g/mol. The van der Waals surface area contributed by atoms with Gasteiger partial charge in [0.1, 0.15) is 6.26 Å². The van der Waals surface area contributed by atoms with Crippen molar-refractivity contribution in [1.82, 2.24) is 9.88 Å². The Labute approximate surface area is 138 Å². The number of nitrogens with one attached hydrogen (secondary N) is 1. The van der Waals surface area contributed by atoms with E-state index in [2.05, 4.69) is 10.3 Å². The number of fused-ring (bicyclic) bond motifs is 1. The molecule has 0 saturated carbocycles. The molecule has 0 atom stereocenters. The van der Waals surface area contributed by atoms with Crippen molar-refractivity contribution < 1.29 is 14.0 Å². The Balaban J connectivity index is 1.72. The van der Waals surface area contributed by atoms with Gasteiger partial charge in [0.2, 0.25) is 5.91 Å². The minimum atomic E-state index is -0.388. The number of anilines is 1. The normalized spacial score (nSPS) is 14.5. The maximum absolute atomic E-state index is 12.4. The zero-order valence-corrected chi connectivity index (χ0v) is 14.2. The number of thiazole rings is 1. The zero-order valence-electron chi connectivity index (χ0n) is 13.4. The maximum Gasteiger partial charge on any atom is 0.260 e. The second-order valence-corrected chi connectivity index (χ2v) is 7.67. The van der Waals surface area contributed by atoms with Crippen molar-refractivity contribution in [1.29, 1.82) is 0 Å². The van der Waals surface area contributed by atoms with Crippen molar-refractivity contribution in [3.8, 4) is 0 Å². The van der Waals surface area contributed by atoms with Crippen LogP contribution < -0.4 is 5.32 Å². The Morgan fingerprint density at radius 3 is 2.83 bits per heavy atom. The summed E-state index contributed by atoms with van der Waals surface area (Å²) in [7, 11) is 0. The van der Waals surface area contributed by atoms with E-state index in [1.807, 2.05) is 25.7 Å². The van der Waals surface area contributed by atoms with E-state index < -0.39 is 0 Å². The highest BCUT2D eigenvalue weighted by Gasteiger charge is 2.31. The molecule has 2 aromatic rings. The smallest absolute Gasteiger partial charge is 0.260 e. The number of hydrogen-bond donors (Lipinski definition) is 1. The Morgan fingerprint density at radius 1 is 1.39 bits per heavy atom. The van der Waals surface area contributed by atoms with Crippen LogP contribution in [0.2, 0.25) is 0 Å². The molecule has 2 amide bonds. The molecule has 1 aliphatic rings. The predicted molar refractivity (Wildman–Crippen MR) is 87.4 cm³/mol. The molecule has 0 bridgehead atoms. The Morgan fingerprint density at radius 2 is 2.17 bits per heavy atom. The molecule has 23 heavy (non-hydrogen) atoms. The summed E-state index contributed by atoms with van der Waals surface area (Å²) in [5.74, 6) is -0.104. The van der Waals surface area contributed by atoms with Crippen LogP contribution in [0.5, 0.6) is 0 Å². The summed E-state index contributed by atoms with van der Waals surface area (Å²) >= 11 is 1.43. The number of aromatic nitrogens is 1. The number of hydrogen-bond acceptors (Lipinski definition) is 5. The third-order valence-electron chi connectivity index (χ3n) is 3.66. The van der Waals surface area contributed by atoms with Gasteiger partial charge >= 0.3 is 0 Å². The van der Waals surface area contributed by atoms with E-state index in [0.29, 0.717) is 23.8 Å². The van der Waals surface area contributed by atoms with E-state index >= 15 is 0 Å². The van der Waals surface area contributed by atoms with Gasteiger partial charge in [-0.15, -0.1) is 0 Å². The number of carbonyl (C=O) groups is 2. The fourth-order valence-corrected chi connectivity index (χ4v) is 3.48. The van der Waals surface area contributed by atoms with Crippen LogP contribution in [-0.2, 0) is 17.8 Å². The van der Waals surface area contributed by atoms with Crippen LogP contribution in [0.4, 0.5) is 5.13 Å². The molecule has 2 aromatic heterocycles.